The molecule has 0 saturated heterocycles. The van der Waals surface area contributed by atoms with Crippen LogP contribution < -0.4 is 0 Å². The van der Waals surface area contributed by atoms with Crippen LogP contribution in [0.25, 0.3) is 6.08 Å². The van der Waals surface area contributed by atoms with Gasteiger partial charge in [0.05, 0.1) is 0 Å². The van der Waals surface area contributed by atoms with E-state index in [9.17, 15) is 0 Å². The summed E-state index contributed by atoms with van der Waals surface area (Å²) in [4.78, 5) is 0. The van der Waals surface area contributed by atoms with Crippen molar-refractivity contribution in [3.63, 3.8) is 0 Å². The number of aryl methyl sites for hydroxylation is 1. The summed E-state index contributed by atoms with van der Waals surface area (Å²) in [5, 5.41) is 0. The molecule has 0 aliphatic heterocycles. The highest BCUT2D eigenvalue weighted by atomic mass is 28.4. The van der Waals surface area contributed by atoms with Crippen molar-refractivity contribution in [1.29, 1.82) is 0 Å². The maximum atomic E-state index is 6.15. The quantitative estimate of drug-likeness (QED) is 0.356. The topological polar surface area (TPSA) is 9.23 Å². The molecule has 21 heavy (non-hydrogen) atoms. The van der Waals surface area contributed by atoms with Gasteiger partial charge in [0.25, 0.3) is 0 Å². The van der Waals surface area contributed by atoms with Gasteiger partial charge in [-0.25, -0.2) is 0 Å². The predicted octanol–water partition coefficient (Wildman–Crippen LogP) is 6.06. The Kier molecular flexibility index (Phi) is 8.63. The van der Waals surface area contributed by atoms with Crippen molar-refractivity contribution in [1.82, 2.24) is 0 Å². The van der Waals surface area contributed by atoms with Crippen molar-refractivity contribution in [2.24, 2.45) is 0 Å². The molecule has 118 valence electrons. The van der Waals surface area contributed by atoms with Gasteiger partial charge in [0, 0.05) is 6.61 Å². The van der Waals surface area contributed by atoms with Crippen LogP contribution in [0.4, 0.5) is 0 Å². The average Bonchev–Trinajstić information content (AvgIpc) is 2.54. The molecule has 0 unspecified atom stereocenters. The van der Waals surface area contributed by atoms with Gasteiger partial charge in [-0.3, -0.25) is 0 Å². The molecule has 1 aromatic rings. The second-order valence-corrected chi connectivity index (χ2v) is 10.4. The molecule has 0 fully saturated rings. The summed E-state index contributed by atoms with van der Waals surface area (Å²) in [6, 6.07) is 12.6. The van der Waals surface area contributed by atoms with Crippen LogP contribution in [0.5, 0.6) is 0 Å². The van der Waals surface area contributed by atoms with Gasteiger partial charge in [-0.05, 0) is 49.0 Å². The average molecular weight is 305 g/mol. The predicted molar refractivity (Wildman–Crippen MR) is 97.2 cm³/mol. The van der Waals surface area contributed by atoms with E-state index in [4.69, 9.17) is 4.43 Å². The van der Waals surface area contributed by atoms with Crippen LogP contribution in [-0.4, -0.2) is 14.9 Å². The fourth-order valence-corrected chi connectivity index (χ4v) is 6.23. The molecule has 0 radical (unpaired) electrons. The highest BCUT2D eigenvalue weighted by Gasteiger charge is 2.29. The largest absolute Gasteiger partial charge is 0.417 e. The third-order valence-electron chi connectivity index (χ3n) is 4.55. The lowest BCUT2D eigenvalue weighted by Gasteiger charge is -2.28. The molecule has 0 amide bonds. The first-order valence-electron chi connectivity index (χ1n) is 8.55. The first kappa shape index (κ1) is 18.2. The third-order valence-corrected chi connectivity index (χ3v) is 9.30. The van der Waals surface area contributed by atoms with Gasteiger partial charge in [0.2, 0.25) is 0 Å². The molecule has 2 heteroatoms. The summed E-state index contributed by atoms with van der Waals surface area (Å²) in [6.07, 6.45) is 7.04. The minimum atomic E-state index is -1.40. The lowest BCUT2D eigenvalue weighted by molar-refractivity contribution is 0.318. The molecule has 0 saturated carbocycles. The lowest BCUT2D eigenvalue weighted by Crippen LogP contribution is -2.36. The van der Waals surface area contributed by atoms with Crippen LogP contribution in [0.3, 0.4) is 0 Å². The molecule has 0 N–H and O–H groups in total. The van der Waals surface area contributed by atoms with Crippen molar-refractivity contribution in [2.45, 2.75) is 64.6 Å². The fraction of sp³-hybridized carbons (Fsp3) is 0.579. The van der Waals surface area contributed by atoms with Crippen LogP contribution in [0.2, 0.25) is 18.1 Å². The zero-order valence-corrected chi connectivity index (χ0v) is 15.2. The monoisotopic (exact) mass is 304 g/mol. The second kappa shape index (κ2) is 9.96. The smallest absolute Gasteiger partial charge is 0.192 e. The Labute approximate surface area is 132 Å². The summed E-state index contributed by atoms with van der Waals surface area (Å²) in [5.74, 6) is 0. The van der Waals surface area contributed by atoms with Gasteiger partial charge in [-0.15, -0.1) is 0 Å². The Morgan fingerprint density at radius 3 is 2.19 bits per heavy atom. The Hall–Kier alpha value is -0.863. The standard InChI is InChI=1S/C19H32OSi/c1-5-18-13-15-19(16-14-18)12-10-9-11-17-21(7-3,8-4)20-6-2/h5,13-16H,1,6-12,17H2,2-4H3. The number of hydrogen-bond donors (Lipinski definition) is 0. The summed E-state index contributed by atoms with van der Waals surface area (Å²) in [7, 11) is -1.40. The van der Waals surface area contributed by atoms with Gasteiger partial charge >= 0.3 is 0 Å². The van der Waals surface area contributed by atoms with Crippen molar-refractivity contribution in [3.05, 3.63) is 42.0 Å². The molecule has 0 aliphatic rings. The van der Waals surface area contributed by atoms with Gasteiger partial charge in [-0.1, -0.05) is 63.6 Å². The van der Waals surface area contributed by atoms with Gasteiger partial charge in [0.15, 0.2) is 8.32 Å². The van der Waals surface area contributed by atoms with Crippen molar-refractivity contribution in [3.8, 4) is 0 Å². The Morgan fingerprint density at radius 1 is 1.00 bits per heavy atom. The van der Waals surface area contributed by atoms with E-state index in [1.165, 1.54) is 54.9 Å². The van der Waals surface area contributed by atoms with Gasteiger partial charge in [-0.2, -0.15) is 0 Å². The maximum absolute atomic E-state index is 6.15. The molecular formula is C19H32OSi. The van der Waals surface area contributed by atoms with Crippen molar-refractivity contribution >= 4 is 14.4 Å². The number of unbranched alkanes of at least 4 members (excludes halogenated alkanes) is 2. The van der Waals surface area contributed by atoms with E-state index in [0.717, 1.165) is 6.61 Å². The summed E-state index contributed by atoms with van der Waals surface area (Å²) >= 11 is 0. The van der Waals surface area contributed by atoms with E-state index in [2.05, 4.69) is 51.6 Å². The maximum Gasteiger partial charge on any atom is 0.192 e. The molecule has 1 nitrogen and oxygen atoms in total. The summed E-state index contributed by atoms with van der Waals surface area (Å²) < 4.78 is 6.15. The van der Waals surface area contributed by atoms with E-state index < -0.39 is 8.32 Å². The Bertz CT molecular complexity index is 393. The normalized spacial score (nSPS) is 11.6. The molecule has 0 heterocycles. The molecular weight excluding hydrogens is 272 g/mol. The Morgan fingerprint density at radius 2 is 1.67 bits per heavy atom. The zero-order valence-electron chi connectivity index (χ0n) is 14.2. The molecule has 1 rings (SSSR count). The van der Waals surface area contributed by atoms with Gasteiger partial charge in [0.1, 0.15) is 0 Å². The molecule has 0 aliphatic carbocycles. The number of benzene rings is 1. The van der Waals surface area contributed by atoms with Crippen molar-refractivity contribution < 1.29 is 4.43 Å². The third kappa shape index (κ3) is 6.19. The first-order chi connectivity index (χ1) is 10.2. The van der Waals surface area contributed by atoms with Crippen molar-refractivity contribution in [2.75, 3.05) is 6.61 Å². The lowest BCUT2D eigenvalue weighted by atomic mass is 10.1. The highest BCUT2D eigenvalue weighted by Crippen LogP contribution is 2.25. The molecule has 0 spiro atoms. The minimum Gasteiger partial charge on any atom is -0.417 e. The van der Waals surface area contributed by atoms with Crippen LogP contribution in [0, 0.1) is 0 Å². The van der Waals surface area contributed by atoms with E-state index in [1.807, 2.05) is 6.08 Å². The molecule has 0 aromatic heterocycles. The van der Waals surface area contributed by atoms with Crippen LogP contribution in [-0.2, 0) is 10.8 Å². The van der Waals surface area contributed by atoms with E-state index >= 15 is 0 Å². The number of rotatable bonds is 11. The molecule has 1 aromatic carbocycles. The molecule has 0 bridgehead atoms. The van der Waals surface area contributed by atoms with Crippen LogP contribution in [0.15, 0.2) is 30.8 Å². The summed E-state index contributed by atoms with van der Waals surface area (Å²) in [5.41, 5.74) is 2.65. The van der Waals surface area contributed by atoms with Gasteiger partial charge < -0.3 is 4.43 Å². The SMILES string of the molecule is C=Cc1ccc(CCCCC[Si](CC)(CC)OCC)cc1. The van der Waals surface area contributed by atoms with Crippen LogP contribution in [0.1, 0.15) is 51.2 Å². The number of hydrogen-bond acceptors (Lipinski definition) is 1. The van der Waals surface area contributed by atoms with E-state index in [1.54, 1.807) is 0 Å². The first-order valence-corrected chi connectivity index (χ1v) is 11.1. The summed E-state index contributed by atoms with van der Waals surface area (Å²) in [6.45, 7) is 11.4. The zero-order chi connectivity index (χ0) is 15.6. The molecule has 0 atom stereocenters. The van der Waals surface area contributed by atoms with E-state index in [-0.39, 0.29) is 0 Å². The minimum absolute atomic E-state index is 0.892. The Balaban J connectivity index is 2.28. The fourth-order valence-electron chi connectivity index (χ4n) is 2.96. The second-order valence-electron chi connectivity index (χ2n) is 5.83. The van der Waals surface area contributed by atoms with E-state index in [0.29, 0.717) is 0 Å². The van der Waals surface area contributed by atoms with Crippen LogP contribution >= 0.6 is 0 Å². The highest BCUT2D eigenvalue weighted by molar-refractivity contribution is 6.73.